The highest BCUT2D eigenvalue weighted by Crippen LogP contribution is 2.33. The van der Waals surface area contributed by atoms with E-state index < -0.39 is 39.4 Å². The molecule has 0 aliphatic heterocycles. The second kappa shape index (κ2) is 25.7. The summed E-state index contributed by atoms with van der Waals surface area (Å²) in [5.41, 5.74) is -2.25. The van der Waals surface area contributed by atoms with Gasteiger partial charge in [-0.25, -0.2) is 27.5 Å². The normalized spacial score (nSPS) is 11.4. The summed E-state index contributed by atoms with van der Waals surface area (Å²) in [4.78, 5) is 85.9. The topological polar surface area (TPSA) is 233 Å². The summed E-state index contributed by atoms with van der Waals surface area (Å²) in [6.07, 6.45) is 7.33. The van der Waals surface area contributed by atoms with Gasteiger partial charge in [-0.1, -0.05) is 65.2 Å². The molecular formula is C54H70F2N10O9S2. The third-order valence-corrected chi connectivity index (χ3v) is 14.9. The standard InChI is InChI=1S/C26H30FN5O4S.C17H21N5O3S.C9H11FO2.2CH4/c1-15(2)13-20(33)26(4,5)31-22(34)21-16(3)23(32-28-10-11-29-32)37-24(21)30(25(31)35)12-9-17-14-18(27)7-8-19(17)36-6;1-9(2)8-11(23)17(4,5)21-14(24)12-10(3)15(22-18-6-7-19-22)26-13(12)20-16(21)25;1-12-9-3-2-8(10)6-7(9)4-5-11;;/h7-8,10-11,14-15H,9,12-13H2,1-6H3;6-7,9H,8H2,1-5H3,(H,20,25);2-3,6,11H,4-5H2,1H3;2*1H4. The minimum Gasteiger partial charge on any atom is -0.496 e. The molecule has 0 atom stereocenters. The minimum absolute atomic E-state index is 0. The molecule has 0 amide bonds. The molecule has 2 aromatic carbocycles. The number of H-pyrrole nitrogens is 1. The van der Waals surface area contributed by atoms with Crippen LogP contribution in [-0.4, -0.2) is 86.2 Å². The Labute approximate surface area is 452 Å². The molecular weight excluding hydrogens is 1030 g/mol. The van der Waals surface area contributed by atoms with Crippen LogP contribution in [0.3, 0.4) is 0 Å². The highest BCUT2D eigenvalue weighted by atomic mass is 32.1. The molecule has 8 aromatic rings. The zero-order valence-electron chi connectivity index (χ0n) is 44.0. The fourth-order valence-corrected chi connectivity index (χ4v) is 10.8. The highest BCUT2D eigenvalue weighted by molar-refractivity contribution is 7.21. The number of aliphatic hydroxyl groups is 1. The SMILES string of the molecule is C.C.COc1ccc(F)cc1CCO.COc1ccc(F)cc1CCn1c(=O)n(C(C)(C)C(=O)CC(C)C)c(=O)c2c(C)c(-n3nccn3)sc21.Cc1c(-n2nccn2)sc2[nH]c(=O)n(C(C)(C)C(=O)CC(C)C)c(=O)c12. The van der Waals surface area contributed by atoms with Crippen molar-refractivity contribution in [2.75, 3.05) is 20.8 Å². The fraction of sp³-hybridized carbons (Fsp3) is 0.444. The van der Waals surface area contributed by atoms with Crippen LogP contribution in [0.2, 0.25) is 0 Å². The summed E-state index contributed by atoms with van der Waals surface area (Å²) < 4.78 is 40.6. The first-order valence-corrected chi connectivity index (χ1v) is 25.7. The zero-order chi connectivity index (χ0) is 55.3. The maximum atomic E-state index is 14.0. The first kappa shape index (κ1) is 62.3. The van der Waals surface area contributed by atoms with Crippen molar-refractivity contribution in [1.29, 1.82) is 0 Å². The van der Waals surface area contributed by atoms with E-state index in [-0.39, 0.29) is 70.1 Å². The molecule has 19 nitrogen and oxygen atoms in total. The smallest absolute Gasteiger partial charge is 0.332 e. The Kier molecular flexibility index (Phi) is 20.8. The Bertz CT molecular complexity index is 3590. The monoisotopic (exact) mass is 1100 g/mol. The number of carbonyl (C=O) groups excluding carboxylic acids is 2. The average Bonchev–Trinajstić information content (AvgIpc) is 4.18. The Balaban J connectivity index is 0.000000277. The van der Waals surface area contributed by atoms with Gasteiger partial charge in [0.05, 0.1) is 49.8 Å². The third kappa shape index (κ3) is 13.1. The van der Waals surface area contributed by atoms with E-state index in [2.05, 4.69) is 25.4 Å². The van der Waals surface area contributed by atoms with Crippen molar-refractivity contribution in [3.63, 3.8) is 0 Å². The predicted octanol–water partition coefficient (Wildman–Crippen LogP) is 8.49. The van der Waals surface area contributed by atoms with Gasteiger partial charge >= 0.3 is 11.4 Å². The molecule has 77 heavy (non-hydrogen) atoms. The second-order valence-electron chi connectivity index (χ2n) is 19.5. The molecule has 0 bridgehead atoms. The van der Waals surface area contributed by atoms with E-state index in [9.17, 15) is 37.5 Å². The highest BCUT2D eigenvalue weighted by Gasteiger charge is 2.36. The first-order valence-electron chi connectivity index (χ1n) is 24.0. The molecule has 0 saturated heterocycles. The number of aromatic amines is 1. The summed E-state index contributed by atoms with van der Waals surface area (Å²) >= 11 is 2.45. The van der Waals surface area contributed by atoms with Crippen LogP contribution in [0.5, 0.6) is 11.5 Å². The van der Waals surface area contributed by atoms with Crippen molar-refractivity contribution < 1.29 is 33.0 Å². The van der Waals surface area contributed by atoms with Gasteiger partial charge in [-0.05, 0) is 114 Å². The Hall–Kier alpha value is -7.24. The molecule has 416 valence electrons. The van der Waals surface area contributed by atoms with Gasteiger partial charge in [0.1, 0.15) is 53.9 Å². The van der Waals surface area contributed by atoms with Crippen LogP contribution < -0.4 is 32.0 Å². The number of ketones is 2. The number of hydrogen-bond donors (Lipinski definition) is 2. The van der Waals surface area contributed by atoms with Gasteiger partial charge in [0.15, 0.2) is 11.6 Å². The molecule has 6 heterocycles. The summed E-state index contributed by atoms with van der Waals surface area (Å²) in [6.45, 7) is 17.8. The van der Waals surface area contributed by atoms with Crippen molar-refractivity contribution in [3.05, 3.63) is 137 Å². The Morgan fingerprint density at radius 2 is 1.10 bits per heavy atom. The summed E-state index contributed by atoms with van der Waals surface area (Å²) in [5, 5.41) is 27.2. The molecule has 8 rings (SSSR count). The van der Waals surface area contributed by atoms with Gasteiger partial charge in [0, 0.05) is 37.1 Å². The van der Waals surface area contributed by atoms with Gasteiger partial charge in [0.25, 0.3) is 11.1 Å². The van der Waals surface area contributed by atoms with Gasteiger partial charge in [-0.3, -0.25) is 28.7 Å². The molecule has 0 aliphatic rings. The van der Waals surface area contributed by atoms with Crippen molar-refractivity contribution in [1.82, 2.24) is 48.7 Å². The quantitative estimate of drug-likeness (QED) is 0.0872. The number of thiophene rings is 2. The number of halogens is 2. The lowest BCUT2D eigenvalue weighted by molar-refractivity contribution is -0.127. The molecule has 2 N–H and O–H groups in total. The number of benzene rings is 2. The molecule has 0 fully saturated rings. The van der Waals surface area contributed by atoms with Crippen molar-refractivity contribution in [2.24, 2.45) is 11.8 Å². The third-order valence-electron chi connectivity index (χ3n) is 12.5. The van der Waals surface area contributed by atoms with E-state index in [1.807, 2.05) is 27.7 Å². The van der Waals surface area contributed by atoms with E-state index in [0.717, 1.165) is 9.13 Å². The van der Waals surface area contributed by atoms with E-state index in [1.54, 1.807) is 60.0 Å². The largest absolute Gasteiger partial charge is 0.496 e. The lowest BCUT2D eigenvalue weighted by atomic mass is 9.91. The summed E-state index contributed by atoms with van der Waals surface area (Å²) in [6, 6.07) is 8.47. The molecule has 0 spiro atoms. The number of aliphatic hydroxyl groups excluding tert-OH is 1. The first-order chi connectivity index (χ1) is 35.4. The van der Waals surface area contributed by atoms with E-state index in [1.165, 1.54) is 93.8 Å². The Morgan fingerprint density at radius 1 is 0.675 bits per heavy atom. The Morgan fingerprint density at radius 3 is 1.56 bits per heavy atom. The number of methoxy groups -OCH3 is 2. The molecule has 23 heteroatoms. The van der Waals surface area contributed by atoms with Crippen LogP contribution in [0, 0.1) is 37.3 Å². The number of aryl methyl sites for hydroxylation is 4. The van der Waals surface area contributed by atoms with Crippen LogP contribution >= 0.6 is 22.7 Å². The van der Waals surface area contributed by atoms with Crippen LogP contribution in [0.1, 0.15) is 105 Å². The molecule has 0 unspecified atom stereocenters. The molecule has 0 aliphatic carbocycles. The number of nitrogens with zero attached hydrogens (tertiary/aromatic N) is 9. The van der Waals surface area contributed by atoms with Gasteiger partial charge < -0.3 is 14.6 Å². The zero-order valence-corrected chi connectivity index (χ0v) is 45.6. The summed E-state index contributed by atoms with van der Waals surface area (Å²) in [7, 11) is 3.02. The van der Waals surface area contributed by atoms with Crippen molar-refractivity contribution in [3.8, 4) is 21.5 Å². The van der Waals surface area contributed by atoms with Gasteiger partial charge in [-0.15, -0.1) is 9.59 Å². The van der Waals surface area contributed by atoms with Crippen LogP contribution in [0.25, 0.3) is 30.4 Å². The van der Waals surface area contributed by atoms with Crippen molar-refractivity contribution >= 4 is 54.7 Å². The number of rotatable bonds is 17. The number of nitrogens with one attached hydrogen (secondary N) is 1. The van der Waals surface area contributed by atoms with Gasteiger partial charge in [0.2, 0.25) is 0 Å². The number of ether oxygens (including phenoxy) is 2. The number of aromatic nitrogens is 10. The number of hydrogen-bond acceptors (Lipinski definition) is 15. The molecule has 0 radical (unpaired) electrons. The van der Waals surface area contributed by atoms with Crippen molar-refractivity contribution in [2.45, 2.75) is 127 Å². The van der Waals surface area contributed by atoms with E-state index in [4.69, 9.17) is 14.6 Å². The van der Waals surface area contributed by atoms with E-state index in [0.29, 0.717) is 77.0 Å². The molecule has 6 aromatic heterocycles. The molecule has 0 saturated carbocycles. The van der Waals surface area contributed by atoms with Crippen LogP contribution in [0.4, 0.5) is 8.78 Å². The van der Waals surface area contributed by atoms with Crippen LogP contribution in [0.15, 0.2) is 80.4 Å². The maximum Gasteiger partial charge on any atom is 0.332 e. The summed E-state index contributed by atoms with van der Waals surface area (Å²) in [5.74, 6) is 0.232. The number of carbonyl (C=O) groups is 2. The lowest BCUT2D eigenvalue weighted by Gasteiger charge is -2.27. The van der Waals surface area contributed by atoms with Gasteiger partial charge in [-0.2, -0.15) is 20.4 Å². The van der Waals surface area contributed by atoms with E-state index >= 15 is 0 Å². The number of fused-ring (bicyclic) bond motifs is 2. The fourth-order valence-electron chi connectivity index (χ4n) is 8.49. The maximum absolute atomic E-state index is 14.0. The predicted molar refractivity (Wildman–Crippen MR) is 298 cm³/mol. The lowest BCUT2D eigenvalue weighted by Crippen LogP contribution is -2.52. The minimum atomic E-state index is -1.37. The second-order valence-corrected chi connectivity index (χ2v) is 21.5. The van der Waals surface area contributed by atoms with Crippen LogP contribution in [-0.2, 0) is 40.1 Å². The average molecular weight is 1110 g/mol. The number of Topliss-reactive ketones (excluding diaryl/α,β-unsaturated/α-hetero) is 2.